The van der Waals surface area contributed by atoms with Crippen LogP contribution in [0.1, 0.15) is 58.8 Å². The molecule has 134 valence electrons. The third-order valence-corrected chi connectivity index (χ3v) is 8.42. The van der Waals surface area contributed by atoms with Crippen molar-refractivity contribution in [2.45, 2.75) is 64.9 Å². The molecule has 4 aliphatic carbocycles. The van der Waals surface area contributed by atoms with E-state index < -0.39 is 0 Å². The Morgan fingerprint density at radius 1 is 1.12 bits per heavy atom. The number of hydrogen-bond acceptors (Lipinski definition) is 2. The molecule has 4 aliphatic rings. The Morgan fingerprint density at radius 3 is 2.80 bits per heavy atom. The summed E-state index contributed by atoms with van der Waals surface area (Å²) >= 11 is 0. The molecule has 1 aromatic heterocycles. The molecule has 6 atom stereocenters. The zero-order chi connectivity index (χ0) is 17.2. The van der Waals surface area contributed by atoms with E-state index in [1.165, 1.54) is 37.8 Å². The van der Waals surface area contributed by atoms with Crippen LogP contribution in [0.15, 0.2) is 36.4 Å². The van der Waals surface area contributed by atoms with Crippen LogP contribution in [-0.4, -0.2) is 20.8 Å². The largest absolute Gasteiger partial charge is 0.393 e. The molecule has 3 nitrogen and oxygen atoms in total. The first-order valence-electron chi connectivity index (χ1n) is 10.1. The minimum Gasteiger partial charge on any atom is -0.393 e. The van der Waals surface area contributed by atoms with Gasteiger partial charge < -0.3 is 9.67 Å². The normalized spacial score (nSPS) is 45.9. The van der Waals surface area contributed by atoms with E-state index in [-0.39, 0.29) is 11.5 Å². The number of fused-ring (bicyclic) bond motifs is 5. The van der Waals surface area contributed by atoms with Crippen molar-refractivity contribution >= 4 is 5.70 Å². The summed E-state index contributed by atoms with van der Waals surface area (Å²) in [6.45, 7) is 5.00. The second kappa shape index (κ2) is 5.33. The van der Waals surface area contributed by atoms with E-state index in [1.54, 1.807) is 5.57 Å². The highest BCUT2D eigenvalue weighted by Crippen LogP contribution is 2.65. The van der Waals surface area contributed by atoms with Crippen molar-refractivity contribution in [2.24, 2.45) is 28.6 Å². The van der Waals surface area contributed by atoms with Crippen LogP contribution in [0.25, 0.3) is 5.70 Å². The minimum absolute atomic E-state index is 0.0521. The monoisotopic (exact) mass is 338 g/mol. The SMILES string of the molecule is C[C@]12CC[C@H]3[C@@H](CC[C@H]4CC(O)CC[C@@]43C)C1=CC=C2n1ccnc1. The van der Waals surface area contributed by atoms with Crippen molar-refractivity contribution in [1.82, 2.24) is 9.55 Å². The van der Waals surface area contributed by atoms with Gasteiger partial charge in [0.15, 0.2) is 0 Å². The first-order valence-corrected chi connectivity index (χ1v) is 10.1. The molecule has 0 spiro atoms. The highest BCUT2D eigenvalue weighted by atomic mass is 16.3. The van der Waals surface area contributed by atoms with Gasteiger partial charge in [-0.1, -0.05) is 25.5 Å². The van der Waals surface area contributed by atoms with Crippen LogP contribution >= 0.6 is 0 Å². The van der Waals surface area contributed by atoms with Crippen LogP contribution in [0.4, 0.5) is 0 Å². The molecule has 1 aromatic rings. The molecule has 3 fully saturated rings. The molecule has 1 unspecified atom stereocenters. The molecule has 0 amide bonds. The predicted molar refractivity (Wildman–Crippen MR) is 99.6 cm³/mol. The molecular formula is C22H30N2O. The van der Waals surface area contributed by atoms with Gasteiger partial charge in [0.05, 0.1) is 12.4 Å². The van der Waals surface area contributed by atoms with E-state index in [2.05, 4.69) is 41.7 Å². The topological polar surface area (TPSA) is 38.0 Å². The lowest BCUT2D eigenvalue weighted by molar-refractivity contribution is -0.0786. The van der Waals surface area contributed by atoms with Gasteiger partial charge in [0.2, 0.25) is 0 Å². The summed E-state index contributed by atoms with van der Waals surface area (Å²) in [4.78, 5) is 4.26. The van der Waals surface area contributed by atoms with Crippen molar-refractivity contribution in [3.8, 4) is 0 Å². The van der Waals surface area contributed by atoms with Gasteiger partial charge in [-0.2, -0.15) is 0 Å². The number of aliphatic hydroxyl groups is 1. The van der Waals surface area contributed by atoms with E-state index in [0.29, 0.717) is 5.41 Å². The van der Waals surface area contributed by atoms with Crippen molar-refractivity contribution in [2.75, 3.05) is 0 Å². The number of imidazole rings is 1. The van der Waals surface area contributed by atoms with Crippen LogP contribution in [0, 0.1) is 28.6 Å². The lowest BCUT2D eigenvalue weighted by Gasteiger charge is -2.59. The first-order chi connectivity index (χ1) is 12.0. The van der Waals surface area contributed by atoms with Crippen molar-refractivity contribution in [1.29, 1.82) is 0 Å². The molecule has 25 heavy (non-hydrogen) atoms. The summed E-state index contributed by atoms with van der Waals surface area (Å²) in [5.74, 6) is 2.26. The van der Waals surface area contributed by atoms with E-state index in [0.717, 1.165) is 30.6 Å². The van der Waals surface area contributed by atoms with Gasteiger partial charge >= 0.3 is 0 Å². The Kier molecular flexibility index (Phi) is 3.38. The number of aromatic nitrogens is 2. The third kappa shape index (κ3) is 2.11. The summed E-state index contributed by atoms with van der Waals surface area (Å²) < 4.78 is 2.22. The molecule has 0 radical (unpaired) electrons. The maximum Gasteiger partial charge on any atom is 0.0989 e. The third-order valence-electron chi connectivity index (χ3n) is 8.42. The number of allylic oxidation sites excluding steroid dienone is 4. The van der Waals surface area contributed by atoms with Gasteiger partial charge in [-0.3, -0.25) is 0 Å². The zero-order valence-electron chi connectivity index (χ0n) is 15.5. The van der Waals surface area contributed by atoms with Crippen molar-refractivity contribution < 1.29 is 5.11 Å². The van der Waals surface area contributed by atoms with Gasteiger partial charge in [0, 0.05) is 23.5 Å². The van der Waals surface area contributed by atoms with E-state index in [1.807, 2.05) is 12.5 Å². The molecule has 3 saturated carbocycles. The molecule has 0 saturated heterocycles. The molecule has 5 rings (SSSR count). The van der Waals surface area contributed by atoms with Crippen molar-refractivity contribution in [3.63, 3.8) is 0 Å². The maximum absolute atomic E-state index is 10.2. The fraction of sp³-hybridized carbons (Fsp3) is 0.682. The minimum atomic E-state index is -0.0521. The predicted octanol–water partition coefficient (Wildman–Crippen LogP) is 4.66. The van der Waals surface area contributed by atoms with Crippen LogP contribution in [0.5, 0.6) is 0 Å². The molecule has 0 aliphatic heterocycles. The Bertz CT molecular complexity index is 733. The van der Waals surface area contributed by atoms with Gasteiger partial charge in [-0.25, -0.2) is 4.98 Å². The van der Waals surface area contributed by atoms with Crippen LogP contribution in [0.2, 0.25) is 0 Å². The second-order valence-electron chi connectivity index (χ2n) is 9.44. The van der Waals surface area contributed by atoms with Gasteiger partial charge in [-0.05, 0) is 74.2 Å². The lowest BCUT2D eigenvalue weighted by atomic mass is 9.46. The average molecular weight is 338 g/mol. The van der Waals surface area contributed by atoms with E-state index in [4.69, 9.17) is 0 Å². The van der Waals surface area contributed by atoms with Crippen LogP contribution in [0.3, 0.4) is 0 Å². The Balaban J connectivity index is 1.46. The van der Waals surface area contributed by atoms with Gasteiger partial charge in [0.25, 0.3) is 0 Å². The lowest BCUT2D eigenvalue weighted by Crippen LogP contribution is -2.51. The number of aliphatic hydroxyl groups excluding tert-OH is 1. The van der Waals surface area contributed by atoms with E-state index in [9.17, 15) is 5.11 Å². The first kappa shape index (κ1) is 15.9. The Labute approximate surface area is 150 Å². The zero-order valence-corrected chi connectivity index (χ0v) is 15.5. The number of nitrogens with zero attached hydrogens (tertiary/aromatic N) is 2. The molecule has 0 bridgehead atoms. The smallest absolute Gasteiger partial charge is 0.0989 e. The summed E-state index contributed by atoms with van der Waals surface area (Å²) in [6, 6.07) is 0. The summed E-state index contributed by atoms with van der Waals surface area (Å²) in [5, 5.41) is 10.2. The van der Waals surface area contributed by atoms with Crippen LogP contribution < -0.4 is 0 Å². The molecular weight excluding hydrogens is 308 g/mol. The Morgan fingerprint density at radius 2 is 2.00 bits per heavy atom. The summed E-state index contributed by atoms with van der Waals surface area (Å²) in [7, 11) is 0. The molecule has 3 heteroatoms. The quantitative estimate of drug-likeness (QED) is 0.809. The highest BCUT2D eigenvalue weighted by Gasteiger charge is 2.56. The maximum atomic E-state index is 10.2. The highest BCUT2D eigenvalue weighted by molar-refractivity contribution is 5.66. The van der Waals surface area contributed by atoms with Crippen molar-refractivity contribution in [3.05, 3.63) is 36.4 Å². The van der Waals surface area contributed by atoms with Gasteiger partial charge in [0.1, 0.15) is 0 Å². The Hall–Kier alpha value is -1.35. The van der Waals surface area contributed by atoms with E-state index >= 15 is 0 Å². The van der Waals surface area contributed by atoms with Crippen LogP contribution in [-0.2, 0) is 0 Å². The number of hydrogen-bond donors (Lipinski definition) is 1. The molecule has 1 heterocycles. The average Bonchev–Trinajstić information content (AvgIpc) is 3.22. The number of rotatable bonds is 1. The fourth-order valence-corrected chi connectivity index (χ4v) is 6.98. The summed E-state index contributed by atoms with van der Waals surface area (Å²) in [5.41, 5.74) is 3.70. The molecule has 0 aromatic carbocycles. The standard InChI is InChI=1S/C22H30N2O/c1-21-9-7-16(25)13-15(21)3-4-17-18-5-6-20(24-12-11-23-14-24)22(18,2)10-8-19(17)21/h5-6,11-12,14-17,19,25H,3-4,7-10,13H2,1-2H3/t15-,16?,17-,19-,21-,22-/m0/s1. The van der Waals surface area contributed by atoms with Gasteiger partial charge in [-0.15, -0.1) is 0 Å². The molecule has 1 N–H and O–H groups in total. The fourth-order valence-electron chi connectivity index (χ4n) is 6.98. The summed E-state index contributed by atoms with van der Waals surface area (Å²) in [6.07, 6.45) is 19.1. The second-order valence-corrected chi connectivity index (χ2v) is 9.44.